The summed E-state index contributed by atoms with van der Waals surface area (Å²) >= 11 is 0. The highest BCUT2D eigenvalue weighted by atomic mass is 16.5. The highest BCUT2D eigenvalue weighted by Crippen LogP contribution is 2.08. The molecule has 1 N–H and O–H groups in total. The average Bonchev–Trinajstić information content (AvgIpc) is 2.38. The molecule has 5 nitrogen and oxygen atoms in total. The second-order valence-corrected chi connectivity index (χ2v) is 3.16. The van der Waals surface area contributed by atoms with E-state index in [2.05, 4.69) is 20.3 Å². The van der Waals surface area contributed by atoms with Gasteiger partial charge in [-0.2, -0.15) is 0 Å². The summed E-state index contributed by atoms with van der Waals surface area (Å²) in [5.41, 5.74) is 1.13. The van der Waals surface area contributed by atoms with Crippen LogP contribution in [0.25, 0.3) is 0 Å². The fraction of sp³-hybridized carbons (Fsp3) is 0.182. The first-order valence-electron chi connectivity index (χ1n) is 4.87. The molecule has 0 atom stereocenters. The Bertz CT molecular complexity index is 429. The second-order valence-electron chi connectivity index (χ2n) is 3.16. The van der Waals surface area contributed by atoms with Crippen LogP contribution in [0.5, 0.6) is 5.75 Å². The molecule has 0 saturated heterocycles. The molecule has 2 aromatic heterocycles. The van der Waals surface area contributed by atoms with Crippen molar-refractivity contribution in [3.05, 3.63) is 42.5 Å². The number of pyridine rings is 1. The van der Waals surface area contributed by atoms with Gasteiger partial charge in [-0.3, -0.25) is 4.98 Å². The molecule has 0 radical (unpaired) electrons. The Morgan fingerprint density at radius 1 is 1.19 bits per heavy atom. The number of hydrogen-bond acceptors (Lipinski definition) is 5. The van der Waals surface area contributed by atoms with Crippen molar-refractivity contribution in [2.24, 2.45) is 0 Å². The summed E-state index contributed by atoms with van der Waals surface area (Å²) in [7, 11) is 1.59. The molecule has 0 unspecified atom stereocenters. The maximum absolute atomic E-state index is 4.97. The van der Waals surface area contributed by atoms with E-state index in [1.54, 1.807) is 31.9 Å². The molecule has 0 aliphatic heterocycles. The van der Waals surface area contributed by atoms with Crippen LogP contribution in [0.1, 0.15) is 5.56 Å². The summed E-state index contributed by atoms with van der Waals surface area (Å²) < 4.78 is 4.97. The number of aromatic nitrogens is 3. The molecule has 0 spiro atoms. The monoisotopic (exact) mass is 216 g/mol. The summed E-state index contributed by atoms with van der Waals surface area (Å²) in [4.78, 5) is 12.2. The lowest BCUT2D eigenvalue weighted by Gasteiger charge is -2.04. The fourth-order valence-electron chi connectivity index (χ4n) is 1.19. The van der Waals surface area contributed by atoms with Crippen LogP contribution in [0.4, 0.5) is 5.95 Å². The zero-order valence-corrected chi connectivity index (χ0v) is 8.92. The highest BCUT2D eigenvalue weighted by molar-refractivity contribution is 5.28. The number of rotatable bonds is 4. The van der Waals surface area contributed by atoms with Crippen LogP contribution < -0.4 is 10.1 Å². The van der Waals surface area contributed by atoms with Crippen molar-refractivity contribution in [1.82, 2.24) is 15.0 Å². The van der Waals surface area contributed by atoms with Gasteiger partial charge in [0.05, 0.1) is 19.5 Å². The summed E-state index contributed by atoms with van der Waals surface area (Å²) in [6, 6.07) is 3.88. The predicted molar refractivity (Wildman–Crippen MR) is 60.1 cm³/mol. The average molecular weight is 216 g/mol. The SMILES string of the molecule is COc1cnc(NCc2ccncc2)nc1. The van der Waals surface area contributed by atoms with Crippen LogP contribution >= 0.6 is 0 Å². The lowest BCUT2D eigenvalue weighted by molar-refractivity contribution is 0.411. The third-order valence-corrected chi connectivity index (χ3v) is 2.06. The van der Waals surface area contributed by atoms with Crippen LogP contribution in [0.2, 0.25) is 0 Å². The van der Waals surface area contributed by atoms with E-state index < -0.39 is 0 Å². The lowest BCUT2D eigenvalue weighted by atomic mass is 10.3. The van der Waals surface area contributed by atoms with Gasteiger partial charge in [0.15, 0.2) is 5.75 Å². The van der Waals surface area contributed by atoms with E-state index in [9.17, 15) is 0 Å². The zero-order valence-electron chi connectivity index (χ0n) is 8.92. The highest BCUT2D eigenvalue weighted by Gasteiger charge is 1.97. The molecule has 0 aliphatic carbocycles. The molecule has 0 amide bonds. The van der Waals surface area contributed by atoms with E-state index >= 15 is 0 Å². The maximum Gasteiger partial charge on any atom is 0.223 e. The van der Waals surface area contributed by atoms with Crippen LogP contribution in [-0.4, -0.2) is 22.1 Å². The minimum absolute atomic E-state index is 0.581. The predicted octanol–water partition coefficient (Wildman–Crippen LogP) is 1.49. The molecule has 2 aromatic rings. The Kier molecular flexibility index (Phi) is 3.28. The lowest BCUT2D eigenvalue weighted by Crippen LogP contribution is -2.03. The molecular weight excluding hydrogens is 204 g/mol. The minimum Gasteiger partial charge on any atom is -0.494 e. The van der Waals surface area contributed by atoms with Gasteiger partial charge in [0, 0.05) is 18.9 Å². The number of nitrogens with one attached hydrogen (secondary N) is 1. The van der Waals surface area contributed by atoms with E-state index in [0.29, 0.717) is 18.2 Å². The van der Waals surface area contributed by atoms with Gasteiger partial charge in [0.1, 0.15) is 0 Å². The molecule has 0 bridgehead atoms. The first-order chi connectivity index (χ1) is 7.88. The number of hydrogen-bond donors (Lipinski definition) is 1. The van der Waals surface area contributed by atoms with Gasteiger partial charge in [-0.25, -0.2) is 9.97 Å². The molecule has 2 rings (SSSR count). The molecule has 0 fully saturated rings. The van der Waals surface area contributed by atoms with Crippen LogP contribution in [0, 0.1) is 0 Å². The topological polar surface area (TPSA) is 59.9 Å². The Morgan fingerprint density at radius 2 is 1.88 bits per heavy atom. The fourth-order valence-corrected chi connectivity index (χ4v) is 1.19. The van der Waals surface area contributed by atoms with E-state index in [4.69, 9.17) is 4.74 Å². The first-order valence-corrected chi connectivity index (χ1v) is 4.87. The van der Waals surface area contributed by atoms with Gasteiger partial charge in [0.25, 0.3) is 0 Å². The van der Waals surface area contributed by atoms with Crippen molar-refractivity contribution in [1.29, 1.82) is 0 Å². The number of methoxy groups -OCH3 is 1. The summed E-state index contributed by atoms with van der Waals surface area (Å²) in [5, 5.41) is 3.11. The summed E-state index contributed by atoms with van der Waals surface area (Å²) in [5.74, 6) is 1.23. The van der Waals surface area contributed by atoms with Gasteiger partial charge in [-0.1, -0.05) is 0 Å². The van der Waals surface area contributed by atoms with E-state index in [1.165, 1.54) is 0 Å². The molecule has 2 heterocycles. The van der Waals surface area contributed by atoms with E-state index in [1.807, 2.05) is 12.1 Å². The number of nitrogens with zero attached hydrogens (tertiary/aromatic N) is 3. The maximum atomic E-state index is 4.97. The summed E-state index contributed by atoms with van der Waals surface area (Å²) in [6.45, 7) is 0.675. The molecule has 16 heavy (non-hydrogen) atoms. The van der Waals surface area contributed by atoms with E-state index in [-0.39, 0.29) is 0 Å². The quantitative estimate of drug-likeness (QED) is 0.839. The van der Waals surface area contributed by atoms with Crippen molar-refractivity contribution in [2.75, 3.05) is 12.4 Å². The molecule has 5 heteroatoms. The largest absolute Gasteiger partial charge is 0.494 e. The Morgan fingerprint density at radius 3 is 2.50 bits per heavy atom. The Labute approximate surface area is 93.5 Å². The Balaban J connectivity index is 1.94. The molecular formula is C11H12N4O. The van der Waals surface area contributed by atoms with Crippen LogP contribution in [0.3, 0.4) is 0 Å². The van der Waals surface area contributed by atoms with Gasteiger partial charge in [-0.15, -0.1) is 0 Å². The summed E-state index contributed by atoms with van der Waals surface area (Å²) in [6.07, 6.45) is 6.77. The molecule has 0 aromatic carbocycles. The number of anilines is 1. The smallest absolute Gasteiger partial charge is 0.223 e. The molecule has 0 saturated carbocycles. The van der Waals surface area contributed by atoms with Gasteiger partial charge in [0.2, 0.25) is 5.95 Å². The first kappa shape index (κ1) is 10.4. The Hall–Kier alpha value is -2.17. The van der Waals surface area contributed by atoms with Crippen LogP contribution in [-0.2, 0) is 6.54 Å². The second kappa shape index (κ2) is 5.06. The normalized spacial score (nSPS) is 9.81. The third-order valence-electron chi connectivity index (χ3n) is 2.06. The van der Waals surface area contributed by atoms with Gasteiger partial charge in [-0.05, 0) is 17.7 Å². The van der Waals surface area contributed by atoms with Gasteiger partial charge < -0.3 is 10.1 Å². The van der Waals surface area contributed by atoms with Gasteiger partial charge >= 0.3 is 0 Å². The third kappa shape index (κ3) is 2.66. The minimum atomic E-state index is 0.581. The van der Waals surface area contributed by atoms with Crippen molar-refractivity contribution >= 4 is 5.95 Å². The van der Waals surface area contributed by atoms with Crippen molar-refractivity contribution < 1.29 is 4.74 Å². The van der Waals surface area contributed by atoms with E-state index in [0.717, 1.165) is 5.56 Å². The van der Waals surface area contributed by atoms with Crippen molar-refractivity contribution in [3.8, 4) is 5.75 Å². The molecule has 82 valence electrons. The molecule has 0 aliphatic rings. The van der Waals surface area contributed by atoms with Crippen LogP contribution in [0.15, 0.2) is 36.9 Å². The number of ether oxygens (including phenoxy) is 1. The van der Waals surface area contributed by atoms with Crippen molar-refractivity contribution in [2.45, 2.75) is 6.54 Å². The zero-order chi connectivity index (χ0) is 11.2. The van der Waals surface area contributed by atoms with Crippen molar-refractivity contribution in [3.63, 3.8) is 0 Å². The standard InChI is InChI=1S/C11H12N4O/c1-16-10-7-14-11(15-8-10)13-6-9-2-4-12-5-3-9/h2-5,7-8H,6H2,1H3,(H,13,14,15).